The van der Waals surface area contributed by atoms with Gasteiger partial charge in [-0.1, -0.05) is 31.9 Å². The van der Waals surface area contributed by atoms with E-state index in [2.05, 4.69) is 6.92 Å². The predicted molar refractivity (Wildman–Crippen MR) is 50.5 cm³/mol. The molecule has 0 bridgehead atoms. The molecule has 0 aromatic carbocycles. The maximum atomic E-state index is 5.41. The van der Waals surface area contributed by atoms with Gasteiger partial charge in [-0.3, -0.25) is 9.90 Å². The van der Waals surface area contributed by atoms with Crippen LogP contribution in [0.3, 0.4) is 0 Å². The predicted octanol–water partition coefficient (Wildman–Crippen LogP) is 2.49. The molecule has 2 nitrogen and oxygen atoms in total. The quantitative estimate of drug-likeness (QED) is 0.596. The third-order valence-corrected chi connectivity index (χ3v) is 1.82. The topological polar surface area (TPSA) is 12.5 Å². The van der Waals surface area contributed by atoms with Gasteiger partial charge in [0.2, 0.25) is 0 Å². The highest BCUT2D eigenvalue weighted by molar-refractivity contribution is 5.02. The Labute approximate surface area is 74.5 Å². The maximum Gasteiger partial charge on any atom is 0.0933 e. The van der Waals surface area contributed by atoms with E-state index in [1.165, 1.54) is 19.3 Å². The second-order valence-electron chi connectivity index (χ2n) is 2.91. The zero-order valence-corrected chi connectivity index (χ0v) is 7.70. The summed E-state index contributed by atoms with van der Waals surface area (Å²) in [5.41, 5.74) is 0. The lowest BCUT2D eigenvalue weighted by Gasteiger charge is -2.17. The molecular weight excluding hydrogens is 150 g/mol. The number of hydrogen-bond acceptors (Lipinski definition) is 2. The molecule has 0 spiro atoms. The molecular formula is C10H17NO. The molecule has 12 heavy (non-hydrogen) atoms. The van der Waals surface area contributed by atoms with Crippen LogP contribution in [0.2, 0.25) is 0 Å². The highest BCUT2D eigenvalue weighted by Gasteiger charge is 1.98. The van der Waals surface area contributed by atoms with E-state index in [4.69, 9.17) is 4.84 Å². The molecule has 68 valence electrons. The molecule has 1 aliphatic heterocycles. The summed E-state index contributed by atoms with van der Waals surface area (Å²) in [4.78, 5) is 5.41. The number of hydrogen-bond donors (Lipinski definition) is 0. The molecule has 1 rings (SSSR count). The molecule has 2 heteroatoms. The first-order valence-corrected chi connectivity index (χ1v) is 4.66. The van der Waals surface area contributed by atoms with Crippen LogP contribution in [0.15, 0.2) is 24.4 Å². The molecule has 1 heterocycles. The Morgan fingerprint density at radius 3 is 3.08 bits per heavy atom. The molecule has 0 amide bonds. The summed E-state index contributed by atoms with van der Waals surface area (Å²) in [7, 11) is 0. The third-order valence-electron chi connectivity index (χ3n) is 1.82. The Morgan fingerprint density at radius 1 is 1.33 bits per heavy atom. The Bertz CT molecular complexity index is 163. The van der Waals surface area contributed by atoms with Crippen LogP contribution in [-0.2, 0) is 4.84 Å². The van der Waals surface area contributed by atoms with E-state index >= 15 is 0 Å². The van der Waals surface area contributed by atoms with Gasteiger partial charge in [-0.25, -0.2) is 0 Å². The van der Waals surface area contributed by atoms with Gasteiger partial charge in [0, 0.05) is 12.7 Å². The van der Waals surface area contributed by atoms with Gasteiger partial charge < -0.3 is 0 Å². The molecule has 0 N–H and O–H groups in total. The van der Waals surface area contributed by atoms with Crippen molar-refractivity contribution in [2.75, 3.05) is 13.2 Å². The van der Waals surface area contributed by atoms with Crippen molar-refractivity contribution >= 4 is 0 Å². The van der Waals surface area contributed by atoms with Gasteiger partial charge in [0.15, 0.2) is 0 Å². The smallest absolute Gasteiger partial charge is 0.0933 e. The van der Waals surface area contributed by atoms with Crippen molar-refractivity contribution in [1.29, 1.82) is 0 Å². The van der Waals surface area contributed by atoms with Crippen LogP contribution in [0, 0.1) is 0 Å². The summed E-state index contributed by atoms with van der Waals surface area (Å²) in [6.07, 6.45) is 11.8. The molecule has 0 saturated carbocycles. The first kappa shape index (κ1) is 9.33. The zero-order chi connectivity index (χ0) is 8.65. The van der Waals surface area contributed by atoms with Crippen molar-refractivity contribution in [3.63, 3.8) is 0 Å². The van der Waals surface area contributed by atoms with Gasteiger partial charge in [0.05, 0.1) is 6.61 Å². The fourth-order valence-corrected chi connectivity index (χ4v) is 1.12. The Kier molecular flexibility index (Phi) is 4.54. The van der Waals surface area contributed by atoms with E-state index in [-0.39, 0.29) is 0 Å². The van der Waals surface area contributed by atoms with Crippen molar-refractivity contribution in [2.24, 2.45) is 0 Å². The zero-order valence-electron chi connectivity index (χ0n) is 7.70. The van der Waals surface area contributed by atoms with Gasteiger partial charge in [-0.15, -0.1) is 0 Å². The summed E-state index contributed by atoms with van der Waals surface area (Å²) < 4.78 is 0. The Balaban J connectivity index is 2.14. The molecule has 1 aliphatic rings. The molecule has 0 radical (unpaired) electrons. The van der Waals surface area contributed by atoms with E-state index < -0.39 is 0 Å². The van der Waals surface area contributed by atoms with Crippen molar-refractivity contribution in [3.05, 3.63) is 24.4 Å². The summed E-state index contributed by atoms with van der Waals surface area (Å²) >= 11 is 0. The average molecular weight is 167 g/mol. The average Bonchev–Trinajstić information content (AvgIpc) is 2.33. The van der Waals surface area contributed by atoms with Gasteiger partial charge in [0.25, 0.3) is 0 Å². The molecule has 0 unspecified atom stereocenters. The van der Waals surface area contributed by atoms with E-state index in [0.717, 1.165) is 6.54 Å². The maximum absolute atomic E-state index is 5.41. The summed E-state index contributed by atoms with van der Waals surface area (Å²) in [5.74, 6) is 0. The Hall–Kier alpha value is -0.760. The van der Waals surface area contributed by atoms with Gasteiger partial charge in [-0.05, 0) is 12.5 Å². The number of nitrogens with zero attached hydrogens (tertiary/aromatic N) is 1. The minimum absolute atomic E-state index is 0.694. The van der Waals surface area contributed by atoms with E-state index in [0.29, 0.717) is 6.61 Å². The summed E-state index contributed by atoms with van der Waals surface area (Å²) in [6.45, 7) is 3.91. The van der Waals surface area contributed by atoms with Crippen molar-refractivity contribution in [1.82, 2.24) is 5.06 Å². The van der Waals surface area contributed by atoms with Crippen LogP contribution < -0.4 is 0 Å². The lowest BCUT2D eigenvalue weighted by Crippen LogP contribution is -2.18. The standard InChI is InChI=1S/C10H17NO/c1-2-3-5-8-11-9-6-4-7-10-12-11/h4,6-7,9H,2-3,5,8,10H2,1H3. The lowest BCUT2D eigenvalue weighted by molar-refractivity contribution is -0.107. The third kappa shape index (κ3) is 3.58. The molecule has 0 atom stereocenters. The van der Waals surface area contributed by atoms with Crippen LogP contribution in [-0.4, -0.2) is 18.2 Å². The fourth-order valence-electron chi connectivity index (χ4n) is 1.12. The monoisotopic (exact) mass is 167 g/mol. The van der Waals surface area contributed by atoms with Crippen molar-refractivity contribution in [3.8, 4) is 0 Å². The molecule has 0 aromatic rings. The number of hydroxylamine groups is 2. The minimum atomic E-state index is 0.694. The SMILES string of the molecule is CCCCCN1C=CC=CCO1. The van der Waals surface area contributed by atoms with Gasteiger partial charge in [-0.2, -0.15) is 0 Å². The highest BCUT2D eigenvalue weighted by atomic mass is 16.7. The second-order valence-corrected chi connectivity index (χ2v) is 2.91. The highest BCUT2D eigenvalue weighted by Crippen LogP contribution is 2.02. The van der Waals surface area contributed by atoms with Crippen molar-refractivity contribution < 1.29 is 4.84 Å². The first-order chi connectivity index (χ1) is 5.93. The minimum Gasteiger partial charge on any atom is -0.270 e. The second kappa shape index (κ2) is 5.84. The molecule has 0 fully saturated rings. The number of rotatable bonds is 4. The first-order valence-electron chi connectivity index (χ1n) is 4.66. The Morgan fingerprint density at radius 2 is 2.25 bits per heavy atom. The largest absolute Gasteiger partial charge is 0.270 e. The van der Waals surface area contributed by atoms with Crippen LogP contribution in [0.1, 0.15) is 26.2 Å². The van der Waals surface area contributed by atoms with Crippen LogP contribution in [0.25, 0.3) is 0 Å². The lowest BCUT2D eigenvalue weighted by atomic mass is 10.2. The number of allylic oxidation sites excluding steroid dienone is 2. The van der Waals surface area contributed by atoms with Crippen LogP contribution in [0.5, 0.6) is 0 Å². The van der Waals surface area contributed by atoms with E-state index in [1.54, 1.807) is 0 Å². The van der Waals surface area contributed by atoms with Crippen LogP contribution >= 0.6 is 0 Å². The van der Waals surface area contributed by atoms with E-state index in [9.17, 15) is 0 Å². The molecule has 0 aliphatic carbocycles. The van der Waals surface area contributed by atoms with Gasteiger partial charge in [0.1, 0.15) is 0 Å². The fraction of sp³-hybridized carbons (Fsp3) is 0.600. The number of unbranched alkanes of at least 4 members (excludes halogenated alkanes) is 2. The summed E-state index contributed by atoms with van der Waals surface area (Å²) in [6, 6.07) is 0. The van der Waals surface area contributed by atoms with E-state index in [1.807, 2.05) is 29.5 Å². The van der Waals surface area contributed by atoms with Crippen LogP contribution in [0.4, 0.5) is 0 Å². The normalized spacial score (nSPS) is 16.6. The molecule has 0 saturated heterocycles. The van der Waals surface area contributed by atoms with Gasteiger partial charge >= 0.3 is 0 Å². The summed E-state index contributed by atoms with van der Waals surface area (Å²) in [5, 5.41) is 1.91. The molecule has 0 aromatic heterocycles. The van der Waals surface area contributed by atoms with Crippen molar-refractivity contribution in [2.45, 2.75) is 26.2 Å².